The van der Waals surface area contributed by atoms with Gasteiger partial charge < -0.3 is 9.47 Å². The molecule has 6 heteroatoms. The van der Waals surface area contributed by atoms with E-state index in [2.05, 4.69) is 6.58 Å². The summed E-state index contributed by atoms with van der Waals surface area (Å²) >= 11 is 11.5. The highest BCUT2D eigenvalue weighted by atomic mass is 35.5. The van der Waals surface area contributed by atoms with Gasteiger partial charge in [0.05, 0.1) is 6.42 Å². The average Bonchev–Trinajstić information content (AvgIpc) is 2.51. The Balaban J connectivity index is 1.87. The molecule has 0 N–H and O–H groups in total. The predicted molar refractivity (Wildman–Crippen MR) is 87.9 cm³/mol. The predicted octanol–water partition coefficient (Wildman–Crippen LogP) is 4.45. The fraction of sp³-hybridized carbons (Fsp3) is 0.0588. The molecule has 2 aromatic carbocycles. The van der Waals surface area contributed by atoms with Crippen molar-refractivity contribution in [3.8, 4) is 11.5 Å². The van der Waals surface area contributed by atoms with Crippen LogP contribution in [0.4, 0.5) is 0 Å². The van der Waals surface area contributed by atoms with E-state index in [0.29, 0.717) is 21.5 Å². The maximum atomic E-state index is 11.8. The quantitative estimate of drug-likeness (QED) is 0.454. The number of hydrogen-bond donors (Lipinski definition) is 0. The molecule has 0 atom stereocenters. The van der Waals surface area contributed by atoms with Gasteiger partial charge in [-0.15, -0.1) is 0 Å². The average molecular weight is 351 g/mol. The third kappa shape index (κ3) is 5.43. The number of ether oxygens (including phenoxy) is 2. The van der Waals surface area contributed by atoms with Crippen molar-refractivity contribution in [2.24, 2.45) is 0 Å². The molecule has 0 radical (unpaired) electrons. The molecule has 118 valence electrons. The summed E-state index contributed by atoms with van der Waals surface area (Å²) in [6.07, 6.45) is -0.283. The van der Waals surface area contributed by atoms with Gasteiger partial charge in [-0.1, -0.05) is 29.8 Å². The summed E-state index contributed by atoms with van der Waals surface area (Å²) in [5.74, 6) is -0.685. The van der Waals surface area contributed by atoms with E-state index in [0.717, 1.165) is 0 Å². The van der Waals surface area contributed by atoms with E-state index in [1.54, 1.807) is 48.5 Å². The first-order valence-corrected chi connectivity index (χ1v) is 7.31. The van der Waals surface area contributed by atoms with E-state index in [4.69, 9.17) is 32.7 Å². The van der Waals surface area contributed by atoms with Crippen molar-refractivity contribution >= 4 is 35.1 Å². The minimum atomic E-state index is -0.708. The summed E-state index contributed by atoms with van der Waals surface area (Å²) in [5, 5.41) is 1.05. The second kappa shape index (κ2) is 7.81. The van der Waals surface area contributed by atoms with Gasteiger partial charge >= 0.3 is 11.9 Å². The SMILES string of the molecule is C=C(CC(=O)Oc1ccc(Cl)cc1)C(=O)Oc1ccc(Cl)cc1. The normalized spacial score (nSPS) is 10.0. The monoisotopic (exact) mass is 350 g/mol. The zero-order valence-electron chi connectivity index (χ0n) is 11.9. The summed E-state index contributed by atoms with van der Waals surface area (Å²) in [7, 11) is 0. The Hall–Kier alpha value is -2.30. The smallest absolute Gasteiger partial charge is 0.339 e. The van der Waals surface area contributed by atoms with Crippen LogP contribution in [0.15, 0.2) is 60.7 Å². The van der Waals surface area contributed by atoms with E-state index in [1.165, 1.54) is 0 Å². The van der Waals surface area contributed by atoms with Gasteiger partial charge in [-0.2, -0.15) is 0 Å². The topological polar surface area (TPSA) is 52.6 Å². The Morgan fingerprint density at radius 2 is 1.26 bits per heavy atom. The molecular formula is C17H12Cl2O4. The molecule has 0 unspecified atom stereocenters. The summed E-state index contributed by atoms with van der Waals surface area (Å²) < 4.78 is 10.1. The molecule has 0 saturated heterocycles. The van der Waals surface area contributed by atoms with Crippen LogP contribution < -0.4 is 9.47 Å². The van der Waals surface area contributed by atoms with Crippen LogP contribution in [0, 0.1) is 0 Å². The molecule has 0 spiro atoms. The fourth-order valence-electron chi connectivity index (χ4n) is 1.60. The first-order chi connectivity index (χ1) is 10.9. The van der Waals surface area contributed by atoms with Crippen LogP contribution in [0.1, 0.15) is 6.42 Å². The molecule has 0 aromatic heterocycles. The highest BCUT2D eigenvalue weighted by molar-refractivity contribution is 6.30. The lowest BCUT2D eigenvalue weighted by Gasteiger charge is -2.07. The second-order valence-corrected chi connectivity index (χ2v) is 5.42. The number of rotatable bonds is 5. The molecular weight excluding hydrogens is 339 g/mol. The summed E-state index contributed by atoms with van der Waals surface area (Å²) in [6, 6.07) is 12.5. The molecule has 0 aliphatic heterocycles. The van der Waals surface area contributed by atoms with Crippen molar-refractivity contribution < 1.29 is 19.1 Å². The summed E-state index contributed by atoms with van der Waals surface area (Å²) in [5.41, 5.74) is -0.0149. The lowest BCUT2D eigenvalue weighted by molar-refractivity contribution is -0.136. The van der Waals surface area contributed by atoms with Crippen molar-refractivity contribution in [3.63, 3.8) is 0 Å². The largest absolute Gasteiger partial charge is 0.426 e. The highest BCUT2D eigenvalue weighted by Gasteiger charge is 2.15. The van der Waals surface area contributed by atoms with Crippen LogP contribution in [-0.4, -0.2) is 11.9 Å². The number of esters is 2. The molecule has 2 rings (SSSR count). The molecule has 4 nitrogen and oxygen atoms in total. The Morgan fingerprint density at radius 3 is 1.74 bits per heavy atom. The summed E-state index contributed by atoms with van der Waals surface area (Å²) in [4.78, 5) is 23.6. The Kier molecular flexibility index (Phi) is 5.79. The van der Waals surface area contributed by atoms with Crippen molar-refractivity contribution in [1.82, 2.24) is 0 Å². The highest BCUT2D eigenvalue weighted by Crippen LogP contribution is 2.18. The van der Waals surface area contributed by atoms with Crippen molar-refractivity contribution in [1.29, 1.82) is 0 Å². The van der Waals surface area contributed by atoms with E-state index in [-0.39, 0.29) is 12.0 Å². The number of hydrogen-bond acceptors (Lipinski definition) is 4. The lowest BCUT2D eigenvalue weighted by atomic mass is 10.2. The van der Waals surface area contributed by atoms with E-state index in [1.807, 2.05) is 0 Å². The van der Waals surface area contributed by atoms with Gasteiger partial charge in [0, 0.05) is 15.6 Å². The van der Waals surface area contributed by atoms with Gasteiger partial charge in [0.2, 0.25) is 0 Å². The van der Waals surface area contributed by atoms with Crippen LogP contribution in [0.2, 0.25) is 10.0 Å². The second-order valence-electron chi connectivity index (χ2n) is 4.55. The first-order valence-electron chi connectivity index (χ1n) is 6.56. The molecule has 2 aromatic rings. The molecule has 0 bridgehead atoms. The van der Waals surface area contributed by atoms with Gasteiger partial charge in [0.25, 0.3) is 0 Å². The van der Waals surface area contributed by atoms with Gasteiger partial charge in [-0.3, -0.25) is 4.79 Å². The third-order valence-electron chi connectivity index (χ3n) is 2.72. The van der Waals surface area contributed by atoms with Gasteiger partial charge in [-0.25, -0.2) is 4.79 Å². The van der Waals surface area contributed by atoms with Crippen LogP contribution in [-0.2, 0) is 9.59 Å². The van der Waals surface area contributed by atoms with Gasteiger partial charge in [-0.05, 0) is 48.5 Å². The van der Waals surface area contributed by atoms with Gasteiger partial charge in [0.15, 0.2) is 0 Å². The van der Waals surface area contributed by atoms with Gasteiger partial charge in [0.1, 0.15) is 11.5 Å². The van der Waals surface area contributed by atoms with E-state index >= 15 is 0 Å². The maximum absolute atomic E-state index is 11.8. The number of benzene rings is 2. The Labute approximate surface area is 143 Å². The number of halogens is 2. The molecule has 23 heavy (non-hydrogen) atoms. The van der Waals surface area contributed by atoms with Crippen LogP contribution in [0.3, 0.4) is 0 Å². The lowest BCUT2D eigenvalue weighted by Crippen LogP contribution is -2.16. The van der Waals surface area contributed by atoms with Crippen LogP contribution in [0.25, 0.3) is 0 Å². The fourth-order valence-corrected chi connectivity index (χ4v) is 1.85. The van der Waals surface area contributed by atoms with Crippen molar-refractivity contribution in [2.45, 2.75) is 6.42 Å². The van der Waals surface area contributed by atoms with Crippen LogP contribution >= 0.6 is 23.2 Å². The molecule has 0 saturated carbocycles. The molecule has 0 aliphatic carbocycles. The first kappa shape index (κ1) is 17.1. The Morgan fingerprint density at radius 1 is 0.826 bits per heavy atom. The standard InChI is InChI=1S/C17H12Cl2O4/c1-11(17(21)23-15-8-4-13(19)5-9-15)10-16(20)22-14-6-2-12(18)3-7-14/h2-9H,1,10H2. The van der Waals surface area contributed by atoms with Crippen LogP contribution in [0.5, 0.6) is 11.5 Å². The Bertz CT molecular complexity index is 721. The van der Waals surface area contributed by atoms with E-state index < -0.39 is 11.9 Å². The van der Waals surface area contributed by atoms with Crippen molar-refractivity contribution in [3.05, 3.63) is 70.7 Å². The zero-order valence-corrected chi connectivity index (χ0v) is 13.4. The van der Waals surface area contributed by atoms with E-state index in [9.17, 15) is 9.59 Å². The third-order valence-corrected chi connectivity index (χ3v) is 3.22. The zero-order chi connectivity index (χ0) is 16.8. The molecule has 0 heterocycles. The van der Waals surface area contributed by atoms with Crippen molar-refractivity contribution in [2.75, 3.05) is 0 Å². The molecule has 0 amide bonds. The maximum Gasteiger partial charge on any atom is 0.339 e. The number of carbonyl (C=O) groups excluding carboxylic acids is 2. The summed E-state index contributed by atoms with van der Waals surface area (Å²) in [6.45, 7) is 3.54. The minimum absolute atomic E-state index is 0.0149. The molecule has 0 aliphatic rings. The molecule has 0 fully saturated rings. The minimum Gasteiger partial charge on any atom is -0.426 e. The number of carbonyl (C=O) groups is 2.